The third-order valence-electron chi connectivity index (χ3n) is 4.16. The average Bonchev–Trinajstić information content (AvgIpc) is 3.02. The molecule has 0 N–H and O–H groups in total. The lowest BCUT2D eigenvalue weighted by molar-refractivity contribution is 0.0790. The van der Waals surface area contributed by atoms with E-state index in [2.05, 4.69) is 33.9 Å². The summed E-state index contributed by atoms with van der Waals surface area (Å²) in [5, 5.41) is 1.22. The van der Waals surface area contributed by atoms with Gasteiger partial charge in [-0.3, -0.25) is 4.79 Å². The van der Waals surface area contributed by atoms with Crippen molar-refractivity contribution in [1.82, 2.24) is 14.5 Å². The van der Waals surface area contributed by atoms with Gasteiger partial charge in [-0.15, -0.1) is 0 Å². The van der Waals surface area contributed by atoms with Crippen LogP contribution < -0.4 is 4.90 Å². The Labute approximate surface area is 142 Å². The van der Waals surface area contributed by atoms with E-state index in [0.717, 1.165) is 12.4 Å². The van der Waals surface area contributed by atoms with Crippen LogP contribution in [0.4, 0.5) is 5.82 Å². The number of benzene rings is 1. The van der Waals surface area contributed by atoms with Crippen molar-refractivity contribution < 1.29 is 4.79 Å². The van der Waals surface area contributed by atoms with E-state index in [1.54, 1.807) is 11.1 Å². The van der Waals surface area contributed by atoms with Gasteiger partial charge in [-0.2, -0.15) is 0 Å². The molecule has 0 atom stereocenters. The minimum atomic E-state index is -0.00994. The largest absolute Gasteiger partial charge is 0.363 e. The molecule has 0 bridgehead atoms. The van der Waals surface area contributed by atoms with Gasteiger partial charge < -0.3 is 14.4 Å². The molecule has 3 aromatic rings. The fourth-order valence-corrected chi connectivity index (χ4v) is 2.69. The summed E-state index contributed by atoms with van der Waals surface area (Å²) >= 11 is 0. The number of para-hydroxylation sites is 1. The van der Waals surface area contributed by atoms with Crippen LogP contribution in [0.3, 0.4) is 0 Å². The van der Waals surface area contributed by atoms with E-state index in [1.807, 2.05) is 50.3 Å². The zero-order chi connectivity index (χ0) is 17.1. The van der Waals surface area contributed by atoms with Crippen molar-refractivity contribution in [1.29, 1.82) is 0 Å². The fourth-order valence-electron chi connectivity index (χ4n) is 2.69. The van der Waals surface area contributed by atoms with Crippen molar-refractivity contribution in [2.75, 3.05) is 32.6 Å². The minimum Gasteiger partial charge on any atom is -0.363 e. The average molecular weight is 322 g/mol. The Bertz CT molecular complexity index is 836. The summed E-state index contributed by atoms with van der Waals surface area (Å²) in [5.41, 5.74) is 1.80. The maximum Gasteiger partial charge on any atom is 0.255 e. The number of carbonyl (C=O) groups is 1. The number of hydrogen-bond acceptors (Lipinski definition) is 3. The maximum absolute atomic E-state index is 12.5. The lowest BCUT2D eigenvalue weighted by Crippen LogP contribution is -2.30. The first-order valence-corrected chi connectivity index (χ1v) is 7.99. The standard InChI is InChI=1S/C19H22N4O/c1-21(2)18-9-8-16(14-20-18)19(24)22(3)12-13-23-11-10-15-6-4-5-7-17(15)23/h4-11,14H,12-13H2,1-3H3. The van der Waals surface area contributed by atoms with E-state index < -0.39 is 0 Å². The number of nitrogens with zero attached hydrogens (tertiary/aromatic N) is 4. The summed E-state index contributed by atoms with van der Waals surface area (Å²) in [5.74, 6) is 0.831. The van der Waals surface area contributed by atoms with Gasteiger partial charge in [0.15, 0.2) is 0 Å². The van der Waals surface area contributed by atoms with Gasteiger partial charge >= 0.3 is 0 Å². The Morgan fingerprint density at radius 3 is 2.58 bits per heavy atom. The second-order valence-corrected chi connectivity index (χ2v) is 6.09. The molecule has 0 saturated carbocycles. The van der Waals surface area contributed by atoms with Crippen LogP contribution in [0.25, 0.3) is 10.9 Å². The summed E-state index contributed by atoms with van der Waals surface area (Å²) < 4.78 is 2.17. The highest BCUT2D eigenvalue weighted by Crippen LogP contribution is 2.15. The molecule has 1 amide bonds. The second-order valence-electron chi connectivity index (χ2n) is 6.09. The predicted octanol–water partition coefficient (Wildman–Crippen LogP) is 2.87. The lowest BCUT2D eigenvalue weighted by Gasteiger charge is -2.18. The maximum atomic E-state index is 12.5. The molecule has 5 heteroatoms. The van der Waals surface area contributed by atoms with Crippen LogP contribution in [0.15, 0.2) is 54.9 Å². The number of amides is 1. The molecule has 0 radical (unpaired) electrons. The number of hydrogen-bond donors (Lipinski definition) is 0. The number of rotatable bonds is 5. The van der Waals surface area contributed by atoms with Gasteiger partial charge in [0.2, 0.25) is 0 Å². The van der Waals surface area contributed by atoms with Crippen LogP contribution in [0.2, 0.25) is 0 Å². The van der Waals surface area contributed by atoms with Crippen LogP contribution in [0.1, 0.15) is 10.4 Å². The number of fused-ring (bicyclic) bond motifs is 1. The Morgan fingerprint density at radius 2 is 1.88 bits per heavy atom. The van der Waals surface area contributed by atoms with Gasteiger partial charge in [-0.25, -0.2) is 4.98 Å². The molecular formula is C19H22N4O. The predicted molar refractivity (Wildman–Crippen MR) is 97.5 cm³/mol. The molecule has 0 fully saturated rings. The Morgan fingerprint density at radius 1 is 1.08 bits per heavy atom. The van der Waals surface area contributed by atoms with E-state index >= 15 is 0 Å². The van der Waals surface area contributed by atoms with Gasteiger partial charge in [0, 0.05) is 52.1 Å². The van der Waals surface area contributed by atoms with Crippen LogP contribution in [0.5, 0.6) is 0 Å². The van der Waals surface area contributed by atoms with E-state index in [1.165, 1.54) is 10.9 Å². The molecule has 0 aliphatic carbocycles. The molecule has 2 heterocycles. The van der Waals surface area contributed by atoms with Crippen molar-refractivity contribution in [2.24, 2.45) is 0 Å². The number of pyridine rings is 1. The van der Waals surface area contributed by atoms with E-state index in [4.69, 9.17) is 0 Å². The molecule has 3 rings (SSSR count). The third kappa shape index (κ3) is 3.25. The summed E-state index contributed by atoms with van der Waals surface area (Å²) in [4.78, 5) is 20.5. The van der Waals surface area contributed by atoms with E-state index in [9.17, 15) is 4.79 Å². The van der Waals surface area contributed by atoms with Crippen molar-refractivity contribution in [3.05, 3.63) is 60.4 Å². The first-order chi connectivity index (χ1) is 11.6. The smallest absolute Gasteiger partial charge is 0.255 e. The molecule has 0 aliphatic rings. The Kier molecular flexibility index (Phi) is 4.51. The number of aromatic nitrogens is 2. The minimum absolute atomic E-state index is 0.00994. The number of anilines is 1. The van der Waals surface area contributed by atoms with E-state index in [0.29, 0.717) is 12.1 Å². The van der Waals surface area contributed by atoms with Crippen LogP contribution >= 0.6 is 0 Å². The zero-order valence-corrected chi connectivity index (χ0v) is 14.3. The van der Waals surface area contributed by atoms with E-state index in [-0.39, 0.29) is 5.91 Å². The zero-order valence-electron chi connectivity index (χ0n) is 14.3. The van der Waals surface area contributed by atoms with Crippen molar-refractivity contribution in [3.63, 3.8) is 0 Å². The van der Waals surface area contributed by atoms with Crippen molar-refractivity contribution >= 4 is 22.6 Å². The van der Waals surface area contributed by atoms with Crippen LogP contribution in [-0.2, 0) is 6.54 Å². The SMILES string of the molecule is CN(CCn1ccc2ccccc21)C(=O)c1ccc(N(C)C)nc1. The van der Waals surface area contributed by atoms with Gasteiger partial charge in [0.25, 0.3) is 5.91 Å². The van der Waals surface area contributed by atoms with Gasteiger partial charge in [0.1, 0.15) is 5.82 Å². The molecule has 0 saturated heterocycles. The normalized spacial score (nSPS) is 10.8. The summed E-state index contributed by atoms with van der Waals surface area (Å²) in [6.45, 7) is 1.41. The van der Waals surface area contributed by atoms with Crippen molar-refractivity contribution in [3.8, 4) is 0 Å². The molecule has 0 spiro atoms. The van der Waals surface area contributed by atoms with Crippen LogP contribution in [0, 0.1) is 0 Å². The second kappa shape index (κ2) is 6.74. The molecule has 124 valence electrons. The molecule has 5 nitrogen and oxygen atoms in total. The third-order valence-corrected chi connectivity index (χ3v) is 4.16. The molecule has 1 aromatic carbocycles. The summed E-state index contributed by atoms with van der Waals surface area (Å²) in [6, 6.07) is 14.0. The summed E-state index contributed by atoms with van der Waals surface area (Å²) in [7, 11) is 5.68. The molecule has 2 aromatic heterocycles. The quantitative estimate of drug-likeness (QED) is 0.725. The number of carbonyl (C=O) groups excluding carboxylic acids is 1. The first-order valence-electron chi connectivity index (χ1n) is 7.99. The van der Waals surface area contributed by atoms with Gasteiger partial charge in [-0.05, 0) is 29.7 Å². The Hall–Kier alpha value is -2.82. The summed E-state index contributed by atoms with van der Waals surface area (Å²) in [6.07, 6.45) is 3.70. The highest BCUT2D eigenvalue weighted by atomic mass is 16.2. The molecule has 0 unspecified atom stereocenters. The van der Waals surface area contributed by atoms with Gasteiger partial charge in [-0.1, -0.05) is 18.2 Å². The van der Waals surface area contributed by atoms with Gasteiger partial charge in [0.05, 0.1) is 5.56 Å². The highest BCUT2D eigenvalue weighted by molar-refractivity contribution is 5.93. The molecule has 24 heavy (non-hydrogen) atoms. The molecule has 0 aliphatic heterocycles. The monoisotopic (exact) mass is 322 g/mol. The number of likely N-dealkylation sites (N-methyl/N-ethyl adjacent to an activating group) is 1. The van der Waals surface area contributed by atoms with Crippen molar-refractivity contribution in [2.45, 2.75) is 6.54 Å². The fraction of sp³-hybridized carbons (Fsp3) is 0.263. The highest BCUT2D eigenvalue weighted by Gasteiger charge is 2.12. The lowest BCUT2D eigenvalue weighted by atomic mass is 10.2. The topological polar surface area (TPSA) is 41.4 Å². The van der Waals surface area contributed by atoms with Crippen LogP contribution in [-0.4, -0.2) is 48.0 Å². The Balaban J connectivity index is 1.66. The molecular weight excluding hydrogens is 300 g/mol. The first kappa shape index (κ1) is 16.1.